The van der Waals surface area contributed by atoms with E-state index in [1.807, 2.05) is 12.1 Å². The Labute approximate surface area is 288 Å². The van der Waals surface area contributed by atoms with Gasteiger partial charge in [0, 0.05) is 27.2 Å². The van der Waals surface area contributed by atoms with E-state index in [9.17, 15) is 0 Å². The van der Waals surface area contributed by atoms with Crippen LogP contribution in [0.15, 0.2) is 180 Å². The fraction of sp³-hybridized carbons (Fsp3) is 0. The third kappa shape index (κ3) is 3.85. The van der Waals surface area contributed by atoms with Crippen molar-refractivity contribution in [2.75, 3.05) is 0 Å². The topological polar surface area (TPSA) is 18.1 Å². The van der Waals surface area contributed by atoms with Crippen LogP contribution in [0.4, 0.5) is 0 Å². The molecule has 0 aliphatic rings. The molecule has 2 nitrogen and oxygen atoms in total. The summed E-state index contributed by atoms with van der Waals surface area (Å²) < 4.78 is 8.61. The number of para-hydroxylation sites is 3. The van der Waals surface area contributed by atoms with Crippen molar-refractivity contribution < 1.29 is 4.42 Å². The van der Waals surface area contributed by atoms with Crippen LogP contribution in [-0.4, -0.2) is 4.57 Å². The minimum Gasteiger partial charge on any atom is -0.456 e. The molecule has 232 valence electrons. The first-order chi connectivity index (χ1) is 24.8. The van der Waals surface area contributed by atoms with Crippen LogP contribution in [-0.2, 0) is 0 Å². The molecule has 0 N–H and O–H groups in total. The minimum absolute atomic E-state index is 0.911. The minimum atomic E-state index is 0.911. The fourth-order valence-electron chi connectivity index (χ4n) is 8.42. The molecule has 0 radical (unpaired) electrons. The highest BCUT2D eigenvalue weighted by atomic mass is 16.3. The number of hydrogen-bond acceptors (Lipinski definition) is 1. The van der Waals surface area contributed by atoms with Gasteiger partial charge in [-0.2, -0.15) is 0 Å². The van der Waals surface area contributed by atoms with Gasteiger partial charge in [-0.15, -0.1) is 0 Å². The molecule has 0 bridgehead atoms. The smallest absolute Gasteiger partial charge is 0.135 e. The molecule has 0 fully saturated rings. The SMILES string of the molecule is c1ccc(-n2c3ccccc3c3cc(-c4cccc5c6ccccc6c6cccc(-c7ccc8oc9ccccc9c8c7)c6c45)ccc32)cc1. The Morgan fingerprint density at radius 2 is 0.840 bits per heavy atom. The van der Waals surface area contributed by atoms with Crippen LogP contribution in [0.3, 0.4) is 0 Å². The highest BCUT2D eigenvalue weighted by molar-refractivity contribution is 6.31. The summed E-state index contributed by atoms with van der Waals surface area (Å²) in [6.45, 7) is 0. The van der Waals surface area contributed by atoms with E-state index in [1.165, 1.54) is 82.1 Å². The molecule has 2 heteroatoms. The van der Waals surface area contributed by atoms with Crippen LogP contribution in [0, 0.1) is 0 Å². The van der Waals surface area contributed by atoms with Gasteiger partial charge in [-0.3, -0.25) is 0 Å². The largest absolute Gasteiger partial charge is 0.456 e. The molecule has 2 heterocycles. The zero-order valence-electron chi connectivity index (χ0n) is 27.1. The predicted molar refractivity (Wildman–Crippen MR) is 211 cm³/mol. The summed E-state index contributed by atoms with van der Waals surface area (Å²) >= 11 is 0. The Kier molecular flexibility index (Phi) is 5.70. The van der Waals surface area contributed by atoms with E-state index in [0.29, 0.717) is 0 Å². The Morgan fingerprint density at radius 3 is 1.56 bits per heavy atom. The molecule has 0 atom stereocenters. The van der Waals surface area contributed by atoms with Gasteiger partial charge in [0.05, 0.1) is 11.0 Å². The Bertz CT molecular complexity index is 3140. The molecule has 11 aromatic rings. The van der Waals surface area contributed by atoms with E-state index in [4.69, 9.17) is 4.42 Å². The van der Waals surface area contributed by atoms with Crippen LogP contribution in [0.1, 0.15) is 0 Å². The van der Waals surface area contributed by atoms with Crippen molar-refractivity contribution in [1.29, 1.82) is 0 Å². The van der Waals surface area contributed by atoms with Crippen molar-refractivity contribution in [3.05, 3.63) is 176 Å². The van der Waals surface area contributed by atoms with Crippen LogP contribution in [0.25, 0.3) is 104 Å². The zero-order chi connectivity index (χ0) is 32.8. The lowest BCUT2D eigenvalue weighted by Crippen LogP contribution is -1.93. The summed E-state index contributed by atoms with van der Waals surface area (Å²) in [6, 6.07) is 63.9. The van der Waals surface area contributed by atoms with Crippen molar-refractivity contribution in [3.63, 3.8) is 0 Å². The maximum absolute atomic E-state index is 6.23. The second kappa shape index (κ2) is 10.4. The van der Waals surface area contributed by atoms with Gasteiger partial charge in [0.25, 0.3) is 0 Å². The number of aromatic nitrogens is 1. The molecule has 2 aromatic heterocycles. The van der Waals surface area contributed by atoms with Gasteiger partial charge in [0.2, 0.25) is 0 Å². The third-order valence-electron chi connectivity index (χ3n) is 10.6. The van der Waals surface area contributed by atoms with Crippen molar-refractivity contribution in [2.45, 2.75) is 0 Å². The van der Waals surface area contributed by atoms with Gasteiger partial charge in [-0.05, 0) is 103 Å². The second-order valence-electron chi connectivity index (χ2n) is 13.2. The molecule has 0 aliphatic heterocycles. The highest BCUT2D eigenvalue weighted by Gasteiger charge is 2.19. The molecule has 11 rings (SSSR count). The summed E-state index contributed by atoms with van der Waals surface area (Å²) in [7, 11) is 0. The molecule has 0 saturated heterocycles. The molecular formula is C48H29NO. The summed E-state index contributed by atoms with van der Waals surface area (Å²) in [5.74, 6) is 0. The number of nitrogens with zero attached hydrogens (tertiary/aromatic N) is 1. The lowest BCUT2D eigenvalue weighted by Gasteiger charge is -2.17. The molecule has 0 aliphatic carbocycles. The van der Waals surface area contributed by atoms with Gasteiger partial charge in [-0.25, -0.2) is 0 Å². The van der Waals surface area contributed by atoms with Gasteiger partial charge in [-0.1, -0.05) is 127 Å². The number of furan rings is 1. The van der Waals surface area contributed by atoms with Crippen LogP contribution < -0.4 is 0 Å². The Balaban J connectivity index is 1.24. The fourth-order valence-corrected chi connectivity index (χ4v) is 8.42. The molecule has 9 aromatic carbocycles. The third-order valence-corrected chi connectivity index (χ3v) is 10.6. The maximum Gasteiger partial charge on any atom is 0.135 e. The molecular weight excluding hydrogens is 607 g/mol. The number of benzene rings is 9. The van der Waals surface area contributed by atoms with Gasteiger partial charge < -0.3 is 8.98 Å². The van der Waals surface area contributed by atoms with Crippen molar-refractivity contribution in [1.82, 2.24) is 4.57 Å². The molecule has 0 spiro atoms. The van der Waals surface area contributed by atoms with Crippen molar-refractivity contribution >= 4 is 76.1 Å². The number of hydrogen-bond donors (Lipinski definition) is 0. The highest BCUT2D eigenvalue weighted by Crippen LogP contribution is 2.46. The molecule has 0 amide bonds. The van der Waals surface area contributed by atoms with Crippen molar-refractivity contribution in [3.8, 4) is 27.9 Å². The first-order valence-electron chi connectivity index (χ1n) is 17.2. The monoisotopic (exact) mass is 635 g/mol. The molecule has 0 unspecified atom stereocenters. The average Bonchev–Trinajstić information content (AvgIpc) is 3.73. The standard InChI is InChI=1S/C48H29NO/c1-2-12-32(13-3-1)49-43-22-8-6-16-37(43)41-28-30(24-26-44(41)49)33-18-10-20-39-35-14-4-5-15-36(35)40-21-11-19-34(48(40)47(33)39)31-25-27-46-42(29-31)38-17-7-9-23-45(38)50-46/h1-29H. The lowest BCUT2D eigenvalue weighted by atomic mass is 9.86. The molecule has 50 heavy (non-hydrogen) atoms. The van der Waals surface area contributed by atoms with E-state index in [-0.39, 0.29) is 0 Å². The van der Waals surface area contributed by atoms with E-state index in [2.05, 4.69) is 168 Å². The normalized spacial score (nSPS) is 12.0. The second-order valence-corrected chi connectivity index (χ2v) is 13.2. The summed E-state index contributed by atoms with van der Waals surface area (Å²) in [4.78, 5) is 0. The first kappa shape index (κ1) is 27.3. The Morgan fingerprint density at radius 1 is 0.320 bits per heavy atom. The zero-order valence-corrected chi connectivity index (χ0v) is 27.1. The molecule has 0 saturated carbocycles. The lowest BCUT2D eigenvalue weighted by molar-refractivity contribution is 0.669. The van der Waals surface area contributed by atoms with Gasteiger partial charge in [0.1, 0.15) is 11.2 Å². The summed E-state index contributed by atoms with van der Waals surface area (Å²) in [6.07, 6.45) is 0. The predicted octanol–water partition coefficient (Wildman–Crippen LogP) is 13.5. The summed E-state index contributed by atoms with van der Waals surface area (Å²) in [5, 5.41) is 12.4. The summed E-state index contributed by atoms with van der Waals surface area (Å²) in [5.41, 5.74) is 10.3. The van der Waals surface area contributed by atoms with Crippen molar-refractivity contribution in [2.24, 2.45) is 0 Å². The van der Waals surface area contributed by atoms with E-state index < -0.39 is 0 Å². The Hall–Kier alpha value is -6.64. The van der Waals surface area contributed by atoms with Crippen LogP contribution in [0.5, 0.6) is 0 Å². The number of fused-ring (bicyclic) bond motifs is 12. The van der Waals surface area contributed by atoms with Crippen LogP contribution in [0.2, 0.25) is 0 Å². The average molecular weight is 636 g/mol. The maximum atomic E-state index is 6.23. The first-order valence-corrected chi connectivity index (χ1v) is 17.2. The van der Waals surface area contributed by atoms with Crippen LogP contribution >= 0.6 is 0 Å². The van der Waals surface area contributed by atoms with Gasteiger partial charge in [0.15, 0.2) is 0 Å². The quantitative estimate of drug-likeness (QED) is 0.177. The van der Waals surface area contributed by atoms with E-state index in [1.54, 1.807) is 0 Å². The number of rotatable bonds is 3. The van der Waals surface area contributed by atoms with E-state index >= 15 is 0 Å². The van der Waals surface area contributed by atoms with Gasteiger partial charge >= 0.3 is 0 Å². The van der Waals surface area contributed by atoms with E-state index in [0.717, 1.165) is 21.9 Å².